The molecule has 0 aromatic heterocycles. The van der Waals surface area contributed by atoms with E-state index in [0.717, 1.165) is 26.1 Å². The van der Waals surface area contributed by atoms with Gasteiger partial charge in [0.15, 0.2) is 6.29 Å². The molecule has 0 aliphatic carbocycles. The van der Waals surface area contributed by atoms with Crippen LogP contribution in [0.25, 0.3) is 0 Å². The zero-order valence-corrected chi connectivity index (χ0v) is 13.4. The summed E-state index contributed by atoms with van der Waals surface area (Å²) < 4.78 is 10.8. The van der Waals surface area contributed by atoms with Crippen molar-refractivity contribution in [1.29, 1.82) is 0 Å². The summed E-state index contributed by atoms with van der Waals surface area (Å²) in [5, 5.41) is 0. The molecule has 0 amide bonds. The normalized spacial score (nSPS) is 26.8. The van der Waals surface area contributed by atoms with Crippen LogP contribution >= 0.6 is 19.8 Å². The van der Waals surface area contributed by atoms with E-state index in [4.69, 9.17) is 9.47 Å². The van der Waals surface area contributed by atoms with Gasteiger partial charge in [0.2, 0.25) is 0 Å². The summed E-state index contributed by atoms with van der Waals surface area (Å²) in [6.07, 6.45) is 3.30. The van der Waals surface area contributed by atoms with Crippen molar-refractivity contribution in [3.63, 3.8) is 0 Å². The predicted octanol–water partition coefficient (Wildman–Crippen LogP) is 2.88. The molecule has 4 heteroatoms. The van der Waals surface area contributed by atoms with Crippen molar-refractivity contribution < 1.29 is 24.3 Å². The molecular formula is C9H17IO2Zn. The second-order valence-corrected chi connectivity index (χ2v) is 3.09. The van der Waals surface area contributed by atoms with Gasteiger partial charge in [-0.1, -0.05) is 13.3 Å². The molecule has 1 fully saturated rings. The van der Waals surface area contributed by atoms with E-state index in [9.17, 15) is 0 Å². The van der Waals surface area contributed by atoms with E-state index in [-0.39, 0.29) is 6.29 Å². The molecular weight excluding hydrogens is 332 g/mol. The average Bonchev–Trinajstić information content (AvgIpc) is 2.56. The average molecular weight is 350 g/mol. The number of halogens is 1. The molecule has 2 nitrogen and oxygen atoms in total. The quantitative estimate of drug-likeness (QED) is 0.336. The van der Waals surface area contributed by atoms with E-state index in [2.05, 4.69) is 33.6 Å². The Hall–Kier alpha value is 1.27. The monoisotopic (exact) mass is 348 g/mol. The van der Waals surface area contributed by atoms with Crippen molar-refractivity contribution >= 4 is 19.8 Å². The van der Waals surface area contributed by atoms with Gasteiger partial charge in [-0.05, 0) is 12.8 Å². The van der Waals surface area contributed by atoms with Gasteiger partial charge >= 0.3 is 34.5 Å². The number of hydrogen-bond donors (Lipinski definition) is 0. The molecule has 0 N–H and O–H groups in total. The molecule has 1 aliphatic heterocycles. The molecule has 1 aliphatic rings. The molecule has 0 saturated carbocycles. The summed E-state index contributed by atoms with van der Waals surface area (Å²) >= 11 is 3.62. The zero-order valence-electron chi connectivity index (χ0n) is 8.30. The van der Waals surface area contributed by atoms with Gasteiger partial charge in [-0.3, -0.25) is 0 Å². The van der Waals surface area contributed by atoms with E-state index in [1.54, 1.807) is 0 Å². The molecule has 1 heterocycles. The van der Waals surface area contributed by atoms with Crippen LogP contribution in [0.15, 0.2) is 0 Å². The van der Waals surface area contributed by atoms with Crippen molar-refractivity contribution in [2.75, 3.05) is 13.2 Å². The molecule has 2 atom stereocenters. The summed E-state index contributed by atoms with van der Waals surface area (Å²) in [4.78, 5) is 0. The summed E-state index contributed by atoms with van der Waals surface area (Å²) in [6, 6.07) is 0. The SMILES string of the molecule is [CH2-]C1COC(OCCCC)C1.[Zn+][I]. The third kappa shape index (κ3) is 7.23. The zero-order chi connectivity index (χ0) is 10.1. The molecule has 0 radical (unpaired) electrons. The van der Waals surface area contributed by atoms with E-state index < -0.39 is 0 Å². The maximum atomic E-state index is 5.45. The van der Waals surface area contributed by atoms with E-state index in [1.807, 2.05) is 0 Å². The second kappa shape index (κ2) is 9.81. The number of hydrogen-bond acceptors (Lipinski definition) is 2. The van der Waals surface area contributed by atoms with Gasteiger partial charge in [0.05, 0.1) is 0 Å². The maximum absolute atomic E-state index is 5.45. The van der Waals surface area contributed by atoms with Gasteiger partial charge in [0.25, 0.3) is 0 Å². The Balaban J connectivity index is 0.000000671. The van der Waals surface area contributed by atoms with Crippen LogP contribution in [0.2, 0.25) is 0 Å². The Labute approximate surface area is 102 Å². The first-order valence-corrected chi connectivity index (χ1v) is 13.7. The van der Waals surface area contributed by atoms with E-state index >= 15 is 0 Å². The first kappa shape index (κ1) is 14.3. The van der Waals surface area contributed by atoms with Crippen LogP contribution in [0, 0.1) is 12.8 Å². The summed E-state index contributed by atoms with van der Waals surface area (Å²) in [5.41, 5.74) is 0. The molecule has 1 rings (SSSR count). The van der Waals surface area contributed by atoms with Crippen LogP contribution < -0.4 is 0 Å². The summed E-state index contributed by atoms with van der Waals surface area (Å²) in [5.74, 6) is 0.432. The summed E-state index contributed by atoms with van der Waals surface area (Å²) in [6.45, 7) is 7.65. The van der Waals surface area contributed by atoms with Gasteiger partial charge in [-0.2, -0.15) is 0 Å². The molecule has 0 bridgehead atoms. The van der Waals surface area contributed by atoms with Crippen LogP contribution in [-0.4, -0.2) is 19.5 Å². The molecule has 13 heavy (non-hydrogen) atoms. The molecule has 0 aromatic rings. The van der Waals surface area contributed by atoms with Crippen LogP contribution in [-0.2, 0) is 24.3 Å². The molecule has 1 saturated heterocycles. The predicted molar refractivity (Wildman–Crippen MR) is 58.1 cm³/mol. The van der Waals surface area contributed by atoms with Gasteiger partial charge in [0.1, 0.15) is 0 Å². The van der Waals surface area contributed by atoms with Crippen molar-refractivity contribution in [2.45, 2.75) is 32.5 Å². The third-order valence-corrected chi connectivity index (χ3v) is 1.85. The number of unbranched alkanes of at least 4 members (excludes halogenated alkanes) is 1. The summed E-state index contributed by atoms with van der Waals surface area (Å²) in [7, 11) is 0. The van der Waals surface area contributed by atoms with Crippen LogP contribution in [0.3, 0.4) is 0 Å². The van der Waals surface area contributed by atoms with Gasteiger partial charge < -0.3 is 16.4 Å². The van der Waals surface area contributed by atoms with Gasteiger partial charge in [0, 0.05) is 13.2 Å². The number of ether oxygens (including phenoxy) is 2. The Morgan fingerprint density at radius 2 is 2.31 bits per heavy atom. The van der Waals surface area contributed by atoms with Crippen LogP contribution in [0.5, 0.6) is 0 Å². The second-order valence-electron chi connectivity index (χ2n) is 3.09. The minimum absolute atomic E-state index is 0.0315. The fourth-order valence-corrected chi connectivity index (χ4v) is 1.13. The Morgan fingerprint density at radius 3 is 2.77 bits per heavy atom. The van der Waals surface area contributed by atoms with Crippen LogP contribution in [0.1, 0.15) is 26.2 Å². The van der Waals surface area contributed by atoms with Gasteiger partial charge in [-0.15, -0.1) is 5.92 Å². The fraction of sp³-hybridized carbons (Fsp3) is 0.889. The van der Waals surface area contributed by atoms with Crippen molar-refractivity contribution in [3.05, 3.63) is 6.92 Å². The van der Waals surface area contributed by atoms with E-state index in [0.29, 0.717) is 5.92 Å². The molecule has 0 spiro atoms. The molecule has 74 valence electrons. The van der Waals surface area contributed by atoms with Crippen molar-refractivity contribution in [2.24, 2.45) is 5.92 Å². The van der Waals surface area contributed by atoms with Crippen molar-refractivity contribution in [1.82, 2.24) is 0 Å². The van der Waals surface area contributed by atoms with Crippen molar-refractivity contribution in [3.8, 4) is 0 Å². The molecule has 2 unspecified atom stereocenters. The Bertz CT molecular complexity index is 114. The fourth-order valence-electron chi connectivity index (χ4n) is 1.13. The first-order valence-electron chi connectivity index (χ1n) is 4.66. The standard InChI is InChI=1S/C9H17O2.HI.Zn/c1-3-4-5-10-9-6-8(2)7-11-9;;/h8-9H,2-7H2,1H3;1H;/q-1;;+2/p-1. The minimum atomic E-state index is 0.0315. The van der Waals surface area contributed by atoms with Gasteiger partial charge in [-0.25, -0.2) is 0 Å². The van der Waals surface area contributed by atoms with Crippen LogP contribution in [0.4, 0.5) is 0 Å². The molecule has 0 aromatic carbocycles. The Morgan fingerprint density at radius 1 is 1.62 bits per heavy atom. The Kier molecular flexibility index (Phi) is 10.8. The third-order valence-electron chi connectivity index (χ3n) is 1.85. The van der Waals surface area contributed by atoms with E-state index in [1.165, 1.54) is 21.2 Å². The first-order chi connectivity index (χ1) is 6.33. The number of rotatable bonds is 4. The topological polar surface area (TPSA) is 18.5 Å².